The van der Waals surface area contributed by atoms with E-state index in [1.807, 2.05) is 17.5 Å². The number of carboxylic acids is 1. The van der Waals surface area contributed by atoms with Crippen LogP contribution in [0.1, 0.15) is 27.5 Å². The molecule has 3 aliphatic rings. The summed E-state index contributed by atoms with van der Waals surface area (Å²) in [6.07, 6.45) is -0.973. The van der Waals surface area contributed by atoms with Gasteiger partial charge >= 0.3 is 12.1 Å². The number of fused-ring (bicyclic) bond motifs is 2. The van der Waals surface area contributed by atoms with Crippen LogP contribution in [0.25, 0.3) is 0 Å². The lowest BCUT2D eigenvalue weighted by Gasteiger charge is -2.55. The number of thioether (sulfide) groups is 1. The molecule has 6 N–H and O–H groups in total. The number of amides is 3. The Balaban J connectivity index is 0.000000212. The number of β-lactam (4-membered cyclic amide) rings is 1. The number of nitrogens with two attached hydrogens (primary N) is 2. The van der Waals surface area contributed by atoms with Crippen molar-refractivity contribution >= 4 is 122 Å². The molecule has 1 unspecified atom stereocenters. The maximum absolute atomic E-state index is 12.8. The summed E-state index contributed by atoms with van der Waals surface area (Å²) >= 11 is 33.5. The molecule has 6 rings (SSSR count). The van der Waals surface area contributed by atoms with Crippen LogP contribution in [0.2, 0.25) is 0 Å². The van der Waals surface area contributed by atoms with E-state index in [1.54, 1.807) is 6.07 Å². The number of methoxy groups -OCH3 is 1. The zero-order valence-electron chi connectivity index (χ0n) is 28.6. The third-order valence-electron chi connectivity index (χ3n) is 8.33. The first-order valence-electron chi connectivity index (χ1n) is 15.8. The Bertz CT molecular complexity index is 1850. The number of alkyl halides is 6. The quantitative estimate of drug-likeness (QED) is 0.0827. The normalized spacial score (nSPS) is 20.9. The molecule has 2 aromatic carbocycles. The fraction of sp³-hybridized carbons (Fsp3) is 0.353. The molecule has 3 aliphatic heterocycles. The number of carbonyl (C=O) groups is 4. The number of rotatable bonds is 8. The van der Waals surface area contributed by atoms with Gasteiger partial charge in [-0.2, -0.15) is 0 Å². The number of nitrogens with one attached hydrogen (secondary N) is 1. The van der Waals surface area contributed by atoms with Crippen LogP contribution in [0.4, 0.5) is 10.5 Å². The summed E-state index contributed by atoms with van der Waals surface area (Å²) in [4.78, 5) is 52.0. The lowest BCUT2D eigenvalue weighted by Crippen LogP contribution is -2.80. The minimum absolute atomic E-state index is 0.0762. The second-order valence-electron chi connectivity index (χ2n) is 12.0. The predicted octanol–water partition coefficient (Wildman–Crippen LogP) is 6.67. The number of primary amides is 1. The highest BCUT2D eigenvalue weighted by molar-refractivity contribution is 8.00. The van der Waals surface area contributed by atoms with Gasteiger partial charge in [0.25, 0.3) is 11.6 Å². The number of carbonyl (C=O) groups excluding carboxylic acids is 3. The van der Waals surface area contributed by atoms with E-state index in [-0.39, 0.29) is 30.1 Å². The summed E-state index contributed by atoms with van der Waals surface area (Å²) in [6.45, 7) is 1.66. The van der Waals surface area contributed by atoms with E-state index < -0.39 is 42.6 Å². The fourth-order valence-electron chi connectivity index (χ4n) is 5.88. The van der Waals surface area contributed by atoms with Gasteiger partial charge in [-0.15, -0.1) is 23.1 Å². The summed E-state index contributed by atoms with van der Waals surface area (Å²) in [5.74, 6) is -1.88. The molecular formula is C34H35Cl6N5O7S2. The van der Waals surface area contributed by atoms with Gasteiger partial charge < -0.3 is 36.3 Å². The predicted molar refractivity (Wildman–Crippen MR) is 215 cm³/mol. The summed E-state index contributed by atoms with van der Waals surface area (Å²) < 4.78 is 6.32. The van der Waals surface area contributed by atoms with Crippen molar-refractivity contribution < 1.29 is 33.8 Å². The Kier molecular flexibility index (Phi) is 15.1. The molecule has 0 spiro atoms. The van der Waals surface area contributed by atoms with E-state index in [4.69, 9.17) is 85.8 Å². The average Bonchev–Trinajstić information content (AvgIpc) is 3.62. The summed E-state index contributed by atoms with van der Waals surface area (Å²) in [7, 11) is 3.43. The molecule has 0 aliphatic carbocycles. The molecule has 292 valence electrons. The lowest BCUT2D eigenvalue weighted by atomic mass is 9.84. The molecular weight excluding hydrogens is 867 g/mol. The standard InChI is InChI=1S/C16H17N3O7S2.C16H18N2.C2Cl6/c1-25-16(18-10(20)5-9-3-2-4-27-9)13(23)19-11(12(21)22)8(6-26-15(17)24)7-28-14(16)19;1-18-10-14(12-6-3-2-4-7-12)13-8-5-9-16(17)15(13)11-18;3-1(4,5)2(6,7)8/h2-4,14H,5-7H2,1H3,(H2,17,24)(H,18,20)(H,21,22);2-9,14H,10-11,17H2,1H3;/t14-,16+;;/m1../s1. The molecule has 1 aromatic heterocycles. The van der Waals surface area contributed by atoms with Crippen molar-refractivity contribution in [2.75, 3.05) is 38.8 Å². The topological polar surface area (TPSA) is 178 Å². The third-order valence-corrected chi connectivity index (χ3v) is 13.2. The number of thiophene rings is 1. The molecule has 3 atom stereocenters. The van der Waals surface area contributed by atoms with Crippen LogP contribution in [0.3, 0.4) is 0 Å². The van der Waals surface area contributed by atoms with Crippen LogP contribution >= 0.6 is 92.7 Å². The highest BCUT2D eigenvalue weighted by Gasteiger charge is 2.66. The van der Waals surface area contributed by atoms with E-state index in [9.17, 15) is 24.3 Å². The van der Waals surface area contributed by atoms with Crippen LogP contribution in [0.5, 0.6) is 0 Å². The zero-order chi connectivity index (χ0) is 40.0. The average molecular weight is 903 g/mol. The van der Waals surface area contributed by atoms with Gasteiger partial charge in [-0.3, -0.25) is 14.5 Å². The van der Waals surface area contributed by atoms with E-state index in [0.29, 0.717) is 5.92 Å². The van der Waals surface area contributed by atoms with Crippen molar-refractivity contribution in [2.24, 2.45) is 5.73 Å². The Hall–Kier alpha value is -2.63. The van der Waals surface area contributed by atoms with Crippen molar-refractivity contribution in [2.45, 2.75) is 37.6 Å². The van der Waals surface area contributed by atoms with Crippen LogP contribution in [-0.2, 0) is 36.8 Å². The highest BCUT2D eigenvalue weighted by atomic mass is 35.6. The van der Waals surface area contributed by atoms with Crippen LogP contribution in [0, 0.1) is 0 Å². The smallest absolute Gasteiger partial charge is 0.404 e. The molecule has 0 radical (unpaired) electrons. The van der Waals surface area contributed by atoms with Crippen LogP contribution in [-0.4, -0.2) is 90.5 Å². The second kappa shape index (κ2) is 18.5. The lowest BCUT2D eigenvalue weighted by molar-refractivity contribution is -0.192. The number of likely N-dealkylation sites (N-methyl/N-ethyl adjacent to an activating group) is 1. The summed E-state index contributed by atoms with van der Waals surface area (Å²) in [6, 6.07) is 20.6. The first kappa shape index (κ1) is 44.1. The maximum Gasteiger partial charge on any atom is 0.404 e. The number of hydrogen-bond donors (Lipinski definition) is 4. The van der Waals surface area contributed by atoms with E-state index in [2.05, 4.69) is 64.5 Å². The van der Waals surface area contributed by atoms with E-state index in [1.165, 1.54) is 46.9 Å². The minimum atomic E-state index is -1.85. The van der Waals surface area contributed by atoms with Crippen molar-refractivity contribution in [3.63, 3.8) is 0 Å². The number of hydrogen-bond acceptors (Lipinski definition) is 10. The van der Waals surface area contributed by atoms with E-state index >= 15 is 0 Å². The summed E-state index contributed by atoms with van der Waals surface area (Å²) in [5, 5.41) is 13.2. The highest BCUT2D eigenvalue weighted by Crippen LogP contribution is 2.49. The van der Waals surface area contributed by atoms with Gasteiger partial charge in [-0.25, -0.2) is 9.59 Å². The van der Waals surface area contributed by atoms with E-state index in [0.717, 1.165) is 28.6 Å². The van der Waals surface area contributed by atoms with Crippen molar-refractivity contribution in [1.82, 2.24) is 15.1 Å². The van der Waals surface area contributed by atoms with Crippen molar-refractivity contribution in [3.05, 3.63) is 98.9 Å². The number of aliphatic carboxylic acids is 1. The molecule has 4 heterocycles. The molecule has 20 heteroatoms. The van der Waals surface area contributed by atoms with Gasteiger partial charge in [0.05, 0.1) is 6.42 Å². The number of anilines is 1. The Labute approximate surface area is 349 Å². The molecule has 1 saturated heterocycles. The number of nitrogen functional groups attached to an aromatic ring is 1. The third kappa shape index (κ3) is 10.4. The molecule has 1 fully saturated rings. The van der Waals surface area contributed by atoms with Crippen molar-refractivity contribution in [1.29, 1.82) is 0 Å². The number of benzene rings is 2. The number of ether oxygens (including phenoxy) is 2. The SMILES string of the molecule is CN1Cc2c(N)cccc2C(c2ccccc2)C1.CO[C@@]1(NC(=O)Cc2cccs2)C(=O)N2C(C(=O)O)=C(COC(N)=O)CS[C@@H]21.ClC(Cl)(Cl)C(Cl)(Cl)Cl. The number of nitrogens with zero attached hydrogens (tertiary/aromatic N) is 2. The second-order valence-corrected chi connectivity index (χ2v) is 18.7. The number of carboxylic acid groups (broad SMARTS) is 1. The summed E-state index contributed by atoms with van der Waals surface area (Å²) in [5.41, 5.74) is 14.3. The van der Waals surface area contributed by atoms with Gasteiger partial charge in [0.1, 0.15) is 17.7 Å². The largest absolute Gasteiger partial charge is 0.477 e. The Morgan fingerprint density at radius 2 is 1.69 bits per heavy atom. The first-order valence-corrected chi connectivity index (χ1v) is 20.0. The molecule has 12 nitrogen and oxygen atoms in total. The van der Waals surface area contributed by atoms with Crippen molar-refractivity contribution in [3.8, 4) is 0 Å². The van der Waals surface area contributed by atoms with Crippen LogP contribution in [0.15, 0.2) is 77.3 Å². The monoisotopic (exact) mass is 899 g/mol. The zero-order valence-corrected chi connectivity index (χ0v) is 34.7. The molecule has 54 heavy (non-hydrogen) atoms. The van der Waals surface area contributed by atoms with Gasteiger partial charge in [-0.1, -0.05) is 118 Å². The molecule has 3 amide bonds. The first-order chi connectivity index (χ1) is 25.3. The molecule has 0 saturated carbocycles. The fourth-order valence-corrected chi connectivity index (χ4v) is 8.01. The minimum Gasteiger partial charge on any atom is -0.477 e. The van der Waals surface area contributed by atoms with Gasteiger partial charge in [-0.05, 0) is 41.3 Å². The van der Waals surface area contributed by atoms with Crippen LogP contribution < -0.4 is 16.8 Å². The molecule has 3 aromatic rings. The Morgan fingerprint density at radius 3 is 2.24 bits per heavy atom. The number of halogens is 6. The van der Waals surface area contributed by atoms with Gasteiger partial charge in [0.15, 0.2) is 0 Å². The maximum atomic E-state index is 12.8. The molecule has 0 bridgehead atoms. The van der Waals surface area contributed by atoms with Gasteiger partial charge in [0.2, 0.25) is 13.5 Å². The van der Waals surface area contributed by atoms with Gasteiger partial charge in [0, 0.05) is 48.0 Å². The Morgan fingerprint density at radius 1 is 1.02 bits per heavy atom.